The molecule has 0 spiro atoms. The van der Waals surface area contributed by atoms with Gasteiger partial charge in [0, 0.05) is 12.1 Å². The second-order valence-electron chi connectivity index (χ2n) is 4.34. The minimum Gasteiger partial charge on any atom is -0.309 e. The first-order valence-corrected chi connectivity index (χ1v) is 5.02. The van der Waals surface area contributed by atoms with Gasteiger partial charge >= 0.3 is 0 Å². The van der Waals surface area contributed by atoms with E-state index in [9.17, 15) is 0 Å². The van der Waals surface area contributed by atoms with Gasteiger partial charge in [0.15, 0.2) is 0 Å². The summed E-state index contributed by atoms with van der Waals surface area (Å²) in [7, 11) is 0. The molecule has 66 valence electrons. The molecule has 1 heteroatoms. The molecule has 0 heterocycles. The van der Waals surface area contributed by atoms with Gasteiger partial charge in [-0.3, -0.25) is 0 Å². The monoisotopic (exact) mass is 163 g/mol. The lowest BCUT2D eigenvalue weighted by atomic mass is 9.77. The molecule has 1 unspecified atom stereocenters. The molecule has 0 amide bonds. The van der Waals surface area contributed by atoms with Crippen LogP contribution in [0.25, 0.3) is 0 Å². The van der Waals surface area contributed by atoms with Crippen molar-refractivity contribution in [2.45, 2.75) is 45.4 Å². The number of allylic oxidation sites excluding steroid dienone is 2. The van der Waals surface area contributed by atoms with Crippen molar-refractivity contribution in [3.05, 3.63) is 11.1 Å². The second-order valence-corrected chi connectivity index (χ2v) is 4.34. The standard InChI is InChI=1S/C11H17N/c1-8-2-3-10-7-11(12)5-4-9(10)6-8/h8,12H,2-7H2,1H3. The Kier molecular flexibility index (Phi) is 2.03. The fourth-order valence-electron chi connectivity index (χ4n) is 2.40. The molecule has 2 rings (SSSR count). The van der Waals surface area contributed by atoms with E-state index in [4.69, 9.17) is 5.41 Å². The third-order valence-electron chi connectivity index (χ3n) is 3.19. The molecule has 1 atom stereocenters. The highest BCUT2D eigenvalue weighted by Crippen LogP contribution is 2.36. The molecule has 0 aliphatic heterocycles. The Balaban J connectivity index is 2.16. The minimum atomic E-state index is 0.899. The van der Waals surface area contributed by atoms with Crippen molar-refractivity contribution in [1.82, 2.24) is 0 Å². The summed E-state index contributed by atoms with van der Waals surface area (Å²) in [4.78, 5) is 0. The highest BCUT2D eigenvalue weighted by Gasteiger charge is 2.21. The maximum Gasteiger partial charge on any atom is 0.0133 e. The lowest BCUT2D eigenvalue weighted by Gasteiger charge is -2.28. The summed E-state index contributed by atoms with van der Waals surface area (Å²) >= 11 is 0. The van der Waals surface area contributed by atoms with Crippen molar-refractivity contribution in [3.63, 3.8) is 0 Å². The van der Waals surface area contributed by atoms with Gasteiger partial charge in [0.1, 0.15) is 0 Å². The van der Waals surface area contributed by atoms with Crippen LogP contribution >= 0.6 is 0 Å². The molecular weight excluding hydrogens is 146 g/mol. The van der Waals surface area contributed by atoms with Crippen molar-refractivity contribution in [1.29, 1.82) is 5.41 Å². The summed E-state index contributed by atoms with van der Waals surface area (Å²) < 4.78 is 0. The van der Waals surface area contributed by atoms with E-state index in [0.29, 0.717) is 0 Å². The van der Waals surface area contributed by atoms with Gasteiger partial charge in [-0.25, -0.2) is 0 Å². The highest BCUT2D eigenvalue weighted by atomic mass is 14.4. The largest absolute Gasteiger partial charge is 0.309 e. The van der Waals surface area contributed by atoms with Crippen LogP contribution in [0, 0.1) is 11.3 Å². The molecule has 12 heavy (non-hydrogen) atoms. The molecule has 0 aromatic carbocycles. The molecule has 2 aliphatic carbocycles. The van der Waals surface area contributed by atoms with Crippen molar-refractivity contribution < 1.29 is 0 Å². The molecule has 1 N–H and O–H groups in total. The summed E-state index contributed by atoms with van der Waals surface area (Å²) in [6, 6.07) is 0. The Hall–Kier alpha value is -0.590. The van der Waals surface area contributed by atoms with E-state index in [1.807, 2.05) is 0 Å². The van der Waals surface area contributed by atoms with E-state index in [1.165, 1.54) is 25.7 Å². The summed E-state index contributed by atoms with van der Waals surface area (Å²) in [5.74, 6) is 0.899. The van der Waals surface area contributed by atoms with E-state index in [1.54, 1.807) is 11.1 Å². The minimum absolute atomic E-state index is 0.899. The first kappa shape index (κ1) is 8.03. The third kappa shape index (κ3) is 1.45. The van der Waals surface area contributed by atoms with E-state index in [0.717, 1.165) is 24.5 Å². The van der Waals surface area contributed by atoms with Gasteiger partial charge in [-0.15, -0.1) is 0 Å². The molecule has 0 bridgehead atoms. The molecule has 0 saturated carbocycles. The maximum atomic E-state index is 7.63. The van der Waals surface area contributed by atoms with Crippen LogP contribution in [-0.2, 0) is 0 Å². The average Bonchev–Trinajstić information content (AvgIpc) is 2.05. The fourth-order valence-corrected chi connectivity index (χ4v) is 2.40. The van der Waals surface area contributed by atoms with E-state index >= 15 is 0 Å². The van der Waals surface area contributed by atoms with Crippen LogP contribution in [0.2, 0.25) is 0 Å². The van der Waals surface area contributed by atoms with Crippen molar-refractivity contribution in [3.8, 4) is 0 Å². The Morgan fingerprint density at radius 2 is 2.00 bits per heavy atom. The molecule has 0 radical (unpaired) electrons. The van der Waals surface area contributed by atoms with E-state index < -0.39 is 0 Å². The normalized spacial score (nSPS) is 30.4. The van der Waals surface area contributed by atoms with Crippen LogP contribution in [0.5, 0.6) is 0 Å². The topological polar surface area (TPSA) is 23.9 Å². The highest BCUT2D eigenvalue weighted by molar-refractivity contribution is 5.85. The quantitative estimate of drug-likeness (QED) is 0.530. The van der Waals surface area contributed by atoms with E-state index in [2.05, 4.69) is 6.92 Å². The van der Waals surface area contributed by atoms with Gasteiger partial charge in [-0.05, 0) is 38.0 Å². The Morgan fingerprint density at radius 3 is 2.83 bits per heavy atom. The van der Waals surface area contributed by atoms with Crippen LogP contribution in [0.4, 0.5) is 0 Å². The van der Waals surface area contributed by atoms with Crippen molar-refractivity contribution >= 4 is 5.71 Å². The maximum absolute atomic E-state index is 7.63. The van der Waals surface area contributed by atoms with Gasteiger partial charge in [-0.1, -0.05) is 18.1 Å². The lowest BCUT2D eigenvalue weighted by Crippen LogP contribution is -2.15. The first-order valence-electron chi connectivity index (χ1n) is 5.02. The van der Waals surface area contributed by atoms with Crippen molar-refractivity contribution in [2.24, 2.45) is 5.92 Å². The first-order chi connectivity index (χ1) is 5.75. The molecule has 0 aromatic rings. The number of hydrogen-bond donors (Lipinski definition) is 1. The zero-order valence-electron chi connectivity index (χ0n) is 7.82. The summed E-state index contributed by atoms with van der Waals surface area (Å²) in [6.07, 6.45) is 7.18. The van der Waals surface area contributed by atoms with Gasteiger partial charge in [0.2, 0.25) is 0 Å². The Morgan fingerprint density at radius 1 is 1.17 bits per heavy atom. The molecular formula is C11H17N. The number of rotatable bonds is 0. The van der Waals surface area contributed by atoms with Gasteiger partial charge in [0.05, 0.1) is 0 Å². The van der Waals surface area contributed by atoms with Crippen molar-refractivity contribution in [2.75, 3.05) is 0 Å². The fraction of sp³-hybridized carbons (Fsp3) is 0.727. The van der Waals surface area contributed by atoms with Crippen LogP contribution in [0.1, 0.15) is 45.4 Å². The number of hydrogen-bond acceptors (Lipinski definition) is 1. The second kappa shape index (κ2) is 3.04. The zero-order valence-corrected chi connectivity index (χ0v) is 7.82. The Bertz CT molecular complexity index is 237. The van der Waals surface area contributed by atoms with Gasteiger partial charge in [-0.2, -0.15) is 0 Å². The average molecular weight is 163 g/mol. The van der Waals surface area contributed by atoms with E-state index in [-0.39, 0.29) is 0 Å². The van der Waals surface area contributed by atoms with Crippen LogP contribution in [0.15, 0.2) is 11.1 Å². The molecule has 2 aliphatic rings. The summed E-state index contributed by atoms with van der Waals surface area (Å²) in [5.41, 5.74) is 4.28. The summed E-state index contributed by atoms with van der Waals surface area (Å²) in [6.45, 7) is 2.35. The molecule has 0 aromatic heterocycles. The SMILES string of the molecule is CC1CCC2=C(CCC(=N)C2)C1. The van der Waals surface area contributed by atoms with Crippen LogP contribution in [-0.4, -0.2) is 5.71 Å². The third-order valence-corrected chi connectivity index (χ3v) is 3.19. The Labute approximate surface area is 74.4 Å². The lowest BCUT2D eigenvalue weighted by molar-refractivity contribution is 0.479. The number of nitrogens with one attached hydrogen (secondary N) is 1. The molecule has 0 fully saturated rings. The predicted octanol–water partition coefficient (Wildman–Crippen LogP) is 3.31. The van der Waals surface area contributed by atoms with Crippen LogP contribution in [0.3, 0.4) is 0 Å². The summed E-state index contributed by atoms with van der Waals surface area (Å²) in [5, 5.41) is 7.63. The smallest absolute Gasteiger partial charge is 0.0133 e. The van der Waals surface area contributed by atoms with Gasteiger partial charge < -0.3 is 5.41 Å². The predicted molar refractivity (Wildman–Crippen MR) is 51.6 cm³/mol. The van der Waals surface area contributed by atoms with Gasteiger partial charge in [0.25, 0.3) is 0 Å². The zero-order chi connectivity index (χ0) is 8.55. The molecule has 0 saturated heterocycles. The van der Waals surface area contributed by atoms with Crippen LogP contribution < -0.4 is 0 Å². The molecule has 1 nitrogen and oxygen atoms in total.